The van der Waals surface area contributed by atoms with Crippen LogP contribution in [0.1, 0.15) is 26.2 Å². The summed E-state index contributed by atoms with van der Waals surface area (Å²) in [6.07, 6.45) is 4.62. The van der Waals surface area contributed by atoms with Gasteiger partial charge in [-0.1, -0.05) is 6.92 Å². The second kappa shape index (κ2) is 1.82. The quantitative estimate of drug-likeness (QED) is 0.555. The van der Waals surface area contributed by atoms with Crippen molar-refractivity contribution in [2.75, 3.05) is 13.1 Å². The first-order chi connectivity index (χ1) is 5.31. The molecule has 1 unspecified atom stereocenters. The molecule has 3 rings (SSSR count). The van der Waals surface area contributed by atoms with Gasteiger partial charge in [0.15, 0.2) is 0 Å². The predicted octanol–water partition coefficient (Wildman–Crippen LogP) is 1.64. The van der Waals surface area contributed by atoms with Gasteiger partial charge in [-0.3, -0.25) is 0 Å². The van der Waals surface area contributed by atoms with E-state index in [1.807, 2.05) is 0 Å². The normalized spacial score (nSPS) is 60.3. The first-order valence-electron chi connectivity index (χ1n) is 5.01. The summed E-state index contributed by atoms with van der Waals surface area (Å²) in [6, 6.07) is 0. The molecular formula is C10H17N. The molecule has 0 aromatic rings. The lowest BCUT2D eigenvalue weighted by Gasteiger charge is -2.34. The van der Waals surface area contributed by atoms with Crippen LogP contribution in [0.3, 0.4) is 0 Å². The summed E-state index contributed by atoms with van der Waals surface area (Å²) in [7, 11) is 0. The molecule has 2 aliphatic carbocycles. The summed E-state index contributed by atoms with van der Waals surface area (Å²) in [5.74, 6) is 3.22. The number of rotatable bonds is 0. The van der Waals surface area contributed by atoms with Gasteiger partial charge < -0.3 is 5.32 Å². The second-order valence-electron chi connectivity index (χ2n) is 5.01. The van der Waals surface area contributed by atoms with Crippen LogP contribution in [-0.2, 0) is 0 Å². The highest BCUT2D eigenvalue weighted by Gasteiger charge is 2.56. The zero-order chi connectivity index (χ0) is 7.47. The highest BCUT2D eigenvalue weighted by molar-refractivity contribution is 5.08. The van der Waals surface area contributed by atoms with Gasteiger partial charge in [-0.2, -0.15) is 0 Å². The Labute approximate surface area is 68.6 Å². The Morgan fingerprint density at radius 1 is 1.36 bits per heavy atom. The van der Waals surface area contributed by atoms with E-state index in [4.69, 9.17) is 0 Å². The van der Waals surface area contributed by atoms with E-state index >= 15 is 0 Å². The topological polar surface area (TPSA) is 12.0 Å². The standard InChI is InChI=1S/C10H17N/c1-10-6-11-5-9(10)7-2-3-8(10)4-7/h7-9,11H,2-6H2,1H3/t7-,8+,9?,10-/m1/s1. The van der Waals surface area contributed by atoms with Crippen LogP contribution in [0.2, 0.25) is 0 Å². The Bertz CT molecular complexity index is 189. The highest BCUT2D eigenvalue weighted by atomic mass is 15.0. The van der Waals surface area contributed by atoms with E-state index in [2.05, 4.69) is 12.2 Å². The second-order valence-corrected chi connectivity index (χ2v) is 5.01. The van der Waals surface area contributed by atoms with Crippen molar-refractivity contribution >= 4 is 0 Å². The molecule has 4 atom stereocenters. The maximum absolute atomic E-state index is 3.57. The monoisotopic (exact) mass is 151 g/mol. The van der Waals surface area contributed by atoms with E-state index in [-0.39, 0.29) is 0 Å². The van der Waals surface area contributed by atoms with Crippen LogP contribution in [0.25, 0.3) is 0 Å². The smallest absolute Gasteiger partial charge is 0.00112 e. The molecule has 0 amide bonds. The van der Waals surface area contributed by atoms with Crippen LogP contribution in [-0.4, -0.2) is 13.1 Å². The molecule has 62 valence electrons. The Morgan fingerprint density at radius 3 is 3.09 bits per heavy atom. The largest absolute Gasteiger partial charge is 0.316 e. The third-order valence-electron chi connectivity index (χ3n) is 4.69. The van der Waals surface area contributed by atoms with Gasteiger partial charge in [0, 0.05) is 6.54 Å². The first-order valence-corrected chi connectivity index (χ1v) is 5.01. The van der Waals surface area contributed by atoms with Gasteiger partial charge in [-0.05, 0) is 49.0 Å². The molecule has 3 aliphatic rings. The third kappa shape index (κ3) is 0.618. The minimum atomic E-state index is 0.711. The SMILES string of the molecule is C[C@]12CNCC1[C@@H]1CC[C@H]2C1. The van der Waals surface area contributed by atoms with Gasteiger partial charge in [-0.15, -0.1) is 0 Å². The number of hydrogen-bond donors (Lipinski definition) is 1. The molecule has 1 N–H and O–H groups in total. The molecule has 0 aromatic heterocycles. The van der Waals surface area contributed by atoms with E-state index in [9.17, 15) is 0 Å². The maximum Gasteiger partial charge on any atom is 0.00112 e. The Kier molecular flexibility index (Phi) is 1.07. The van der Waals surface area contributed by atoms with Gasteiger partial charge in [0.25, 0.3) is 0 Å². The molecule has 3 fully saturated rings. The molecule has 1 heterocycles. The minimum absolute atomic E-state index is 0.711. The molecule has 0 aromatic carbocycles. The molecule has 1 saturated heterocycles. The zero-order valence-electron chi connectivity index (χ0n) is 7.27. The summed E-state index contributed by atoms with van der Waals surface area (Å²) in [5, 5.41) is 3.57. The molecule has 1 nitrogen and oxygen atoms in total. The first kappa shape index (κ1) is 6.47. The van der Waals surface area contributed by atoms with Crippen LogP contribution in [0, 0.1) is 23.2 Å². The van der Waals surface area contributed by atoms with Crippen molar-refractivity contribution in [1.29, 1.82) is 0 Å². The van der Waals surface area contributed by atoms with Gasteiger partial charge in [-0.25, -0.2) is 0 Å². The molecule has 0 spiro atoms. The van der Waals surface area contributed by atoms with Crippen molar-refractivity contribution in [2.45, 2.75) is 26.2 Å². The van der Waals surface area contributed by atoms with Crippen LogP contribution in [0.5, 0.6) is 0 Å². The Morgan fingerprint density at radius 2 is 2.27 bits per heavy atom. The molecule has 0 radical (unpaired) electrons. The van der Waals surface area contributed by atoms with Crippen LogP contribution in [0.15, 0.2) is 0 Å². The van der Waals surface area contributed by atoms with E-state index in [0.29, 0.717) is 5.41 Å². The molecule has 11 heavy (non-hydrogen) atoms. The molecule has 1 aliphatic heterocycles. The lowest BCUT2D eigenvalue weighted by atomic mass is 9.70. The fraction of sp³-hybridized carbons (Fsp3) is 1.00. The maximum atomic E-state index is 3.57. The summed E-state index contributed by atoms with van der Waals surface area (Å²) < 4.78 is 0. The van der Waals surface area contributed by atoms with Crippen molar-refractivity contribution in [3.8, 4) is 0 Å². The zero-order valence-corrected chi connectivity index (χ0v) is 7.27. The van der Waals surface area contributed by atoms with Crippen molar-refractivity contribution in [2.24, 2.45) is 23.2 Å². The average Bonchev–Trinajstić information content (AvgIpc) is 2.54. The van der Waals surface area contributed by atoms with E-state index in [0.717, 1.165) is 17.8 Å². The highest BCUT2D eigenvalue weighted by Crippen LogP contribution is 2.60. The van der Waals surface area contributed by atoms with Crippen molar-refractivity contribution in [3.05, 3.63) is 0 Å². The van der Waals surface area contributed by atoms with Gasteiger partial charge in [0.1, 0.15) is 0 Å². The third-order valence-corrected chi connectivity index (χ3v) is 4.69. The lowest BCUT2D eigenvalue weighted by Crippen LogP contribution is -2.32. The Balaban J connectivity index is 2.00. The predicted molar refractivity (Wildman–Crippen MR) is 45.3 cm³/mol. The molecule has 1 heteroatoms. The molecule has 2 saturated carbocycles. The molecule has 2 bridgehead atoms. The summed E-state index contributed by atoms with van der Waals surface area (Å²) in [5.41, 5.74) is 0.711. The van der Waals surface area contributed by atoms with E-state index in [1.165, 1.54) is 25.9 Å². The van der Waals surface area contributed by atoms with Crippen molar-refractivity contribution in [3.63, 3.8) is 0 Å². The molecular weight excluding hydrogens is 134 g/mol. The van der Waals surface area contributed by atoms with Crippen LogP contribution < -0.4 is 5.32 Å². The fourth-order valence-electron chi connectivity index (χ4n) is 3.99. The average molecular weight is 151 g/mol. The minimum Gasteiger partial charge on any atom is -0.316 e. The van der Waals surface area contributed by atoms with Crippen LogP contribution >= 0.6 is 0 Å². The van der Waals surface area contributed by atoms with Gasteiger partial charge in [0.2, 0.25) is 0 Å². The number of hydrogen-bond acceptors (Lipinski definition) is 1. The summed E-state index contributed by atoms with van der Waals surface area (Å²) in [6.45, 7) is 5.14. The Hall–Kier alpha value is -0.0400. The summed E-state index contributed by atoms with van der Waals surface area (Å²) >= 11 is 0. The van der Waals surface area contributed by atoms with Gasteiger partial charge >= 0.3 is 0 Å². The van der Waals surface area contributed by atoms with Crippen LogP contribution in [0.4, 0.5) is 0 Å². The van der Waals surface area contributed by atoms with Gasteiger partial charge in [0.05, 0.1) is 0 Å². The van der Waals surface area contributed by atoms with Crippen molar-refractivity contribution < 1.29 is 0 Å². The van der Waals surface area contributed by atoms with E-state index in [1.54, 1.807) is 6.42 Å². The van der Waals surface area contributed by atoms with Crippen molar-refractivity contribution in [1.82, 2.24) is 5.32 Å². The number of fused-ring (bicyclic) bond motifs is 5. The fourth-order valence-corrected chi connectivity index (χ4v) is 3.99. The number of nitrogens with one attached hydrogen (secondary N) is 1. The lowest BCUT2D eigenvalue weighted by molar-refractivity contribution is 0.156. The van der Waals surface area contributed by atoms with E-state index < -0.39 is 0 Å². The summed E-state index contributed by atoms with van der Waals surface area (Å²) in [4.78, 5) is 0.